The minimum absolute atomic E-state index is 0.0956. The Hall–Kier alpha value is -1.32. The van der Waals surface area contributed by atoms with E-state index in [1.165, 1.54) is 6.07 Å². The molecular formula is C13H23N3O. The van der Waals surface area contributed by atoms with Gasteiger partial charge in [0.05, 0.1) is 0 Å². The zero-order valence-electron chi connectivity index (χ0n) is 11.4. The number of hydrogen-bond acceptors (Lipinski definition) is 3. The largest absolute Gasteiger partial charge is 0.369 e. The number of anilines is 1. The van der Waals surface area contributed by atoms with Crippen molar-refractivity contribution in [2.75, 3.05) is 11.9 Å². The van der Waals surface area contributed by atoms with E-state index in [1.807, 2.05) is 6.92 Å². The van der Waals surface area contributed by atoms with E-state index < -0.39 is 0 Å². The first-order chi connectivity index (χ1) is 7.85. The van der Waals surface area contributed by atoms with E-state index >= 15 is 0 Å². The molecule has 1 aromatic rings. The SMILES string of the molecule is CCc1nc(NCC(C)(C)C(C)C)cc(=O)[nH]1. The minimum atomic E-state index is -0.0956. The molecule has 0 bridgehead atoms. The van der Waals surface area contributed by atoms with E-state index in [0.717, 1.165) is 18.8 Å². The number of aryl methyl sites for hydroxylation is 1. The van der Waals surface area contributed by atoms with Crippen LogP contribution in [-0.2, 0) is 6.42 Å². The number of nitrogens with one attached hydrogen (secondary N) is 2. The van der Waals surface area contributed by atoms with Gasteiger partial charge in [-0.2, -0.15) is 0 Å². The van der Waals surface area contributed by atoms with Gasteiger partial charge in [-0.3, -0.25) is 4.79 Å². The second kappa shape index (κ2) is 5.34. The summed E-state index contributed by atoms with van der Waals surface area (Å²) in [7, 11) is 0. The molecule has 1 rings (SSSR count). The van der Waals surface area contributed by atoms with Crippen LogP contribution >= 0.6 is 0 Å². The molecule has 0 aliphatic heterocycles. The van der Waals surface area contributed by atoms with Gasteiger partial charge in [0.2, 0.25) is 0 Å². The summed E-state index contributed by atoms with van der Waals surface area (Å²) in [6.07, 6.45) is 0.734. The third-order valence-electron chi connectivity index (χ3n) is 3.41. The first-order valence-electron chi connectivity index (χ1n) is 6.19. The van der Waals surface area contributed by atoms with Gasteiger partial charge in [0.25, 0.3) is 5.56 Å². The lowest BCUT2D eigenvalue weighted by molar-refractivity contribution is 0.269. The second-order valence-corrected chi connectivity index (χ2v) is 5.43. The van der Waals surface area contributed by atoms with Gasteiger partial charge in [-0.25, -0.2) is 4.98 Å². The molecule has 0 aliphatic carbocycles. The van der Waals surface area contributed by atoms with E-state index in [0.29, 0.717) is 11.7 Å². The molecule has 0 spiro atoms. The minimum Gasteiger partial charge on any atom is -0.369 e. The summed E-state index contributed by atoms with van der Waals surface area (Å²) in [6, 6.07) is 1.51. The number of hydrogen-bond donors (Lipinski definition) is 2. The molecule has 2 N–H and O–H groups in total. The normalized spacial score (nSPS) is 11.9. The van der Waals surface area contributed by atoms with Gasteiger partial charge in [0.1, 0.15) is 11.6 Å². The highest BCUT2D eigenvalue weighted by atomic mass is 16.1. The van der Waals surface area contributed by atoms with Crippen LogP contribution < -0.4 is 10.9 Å². The maximum absolute atomic E-state index is 11.4. The van der Waals surface area contributed by atoms with Crippen LogP contribution in [0.15, 0.2) is 10.9 Å². The Kier molecular flexibility index (Phi) is 4.32. The van der Waals surface area contributed by atoms with Gasteiger partial charge in [0, 0.05) is 19.0 Å². The standard InChI is InChI=1S/C13H23N3O/c1-6-10-15-11(7-12(17)16-10)14-8-13(4,5)9(2)3/h7,9H,6,8H2,1-5H3,(H2,14,15,16,17). The predicted octanol–water partition coefficient (Wildman–Crippen LogP) is 2.43. The summed E-state index contributed by atoms with van der Waals surface area (Å²) in [5, 5.41) is 3.25. The molecule has 0 saturated heterocycles. The van der Waals surface area contributed by atoms with Gasteiger partial charge in [0.15, 0.2) is 0 Å². The Bertz CT molecular complexity index is 421. The van der Waals surface area contributed by atoms with E-state index in [2.05, 4.69) is 43.0 Å². The quantitative estimate of drug-likeness (QED) is 0.827. The average molecular weight is 237 g/mol. The molecule has 0 unspecified atom stereocenters. The molecule has 4 nitrogen and oxygen atoms in total. The van der Waals surface area contributed by atoms with Gasteiger partial charge in [-0.15, -0.1) is 0 Å². The van der Waals surface area contributed by atoms with Crippen LogP contribution in [-0.4, -0.2) is 16.5 Å². The lowest BCUT2D eigenvalue weighted by atomic mass is 9.81. The van der Waals surface area contributed by atoms with E-state index in [9.17, 15) is 4.79 Å². The summed E-state index contributed by atoms with van der Waals surface area (Å²) >= 11 is 0. The maximum atomic E-state index is 11.4. The number of H-pyrrole nitrogens is 1. The third-order valence-corrected chi connectivity index (χ3v) is 3.41. The van der Waals surface area contributed by atoms with Gasteiger partial charge >= 0.3 is 0 Å². The fourth-order valence-electron chi connectivity index (χ4n) is 1.29. The van der Waals surface area contributed by atoms with Crippen LogP contribution in [0.2, 0.25) is 0 Å². The van der Waals surface area contributed by atoms with Crippen LogP contribution in [0.1, 0.15) is 40.4 Å². The molecule has 17 heavy (non-hydrogen) atoms. The van der Waals surface area contributed by atoms with Crippen LogP contribution in [0, 0.1) is 11.3 Å². The van der Waals surface area contributed by atoms with Crippen molar-refractivity contribution >= 4 is 5.82 Å². The van der Waals surface area contributed by atoms with Gasteiger partial charge < -0.3 is 10.3 Å². The van der Waals surface area contributed by atoms with Crippen molar-refractivity contribution in [1.29, 1.82) is 0 Å². The average Bonchev–Trinajstić information content (AvgIpc) is 2.25. The summed E-state index contributed by atoms with van der Waals surface area (Å²) in [6.45, 7) is 11.6. The fraction of sp³-hybridized carbons (Fsp3) is 0.692. The highest BCUT2D eigenvalue weighted by Crippen LogP contribution is 2.25. The number of aromatic nitrogens is 2. The van der Waals surface area contributed by atoms with Crippen LogP contribution in [0.5, 0.6) is 0 Å². The molecule has 0 atom stereocenters. The van der Waals surface area contributed by atoms with Crippen molar-refractivity contribution in [3.05, 3.63) is 22.2 Å². The highest BCUT2D eigenvalue weighted by molar-refractivity contribution is 5.33. The molecule has 0 saturated carbocycles. The van der Waals surface area contributed by atoms with Gasteiger partial charge in [-0.1, -0.05) is 34.6 Å². The topological polar surface area (TPSA) is 57.8 Å². The zero-order chi connectivity index (χ0) is 13.1. The van der Waals surface area contributed by atoms with E-state index in [-0.39, 0.29) is 11.0 Å². The molecule has 1 aromatic heterocycles. The van der Waals surface area contributed by atoms with Crippen molar-refractivity contribution in [2.45, 2.75) is 41.0 Å². The lowest BCUT2D eigenvalue weighted by Gasteiger charge is -2.29. The lowest BCUT2D eigenvalue weighted by Crippen LogP contribution is -2.29. The van der Waals surface area contributed by atoms with Crippen molar-refractivity contribution in [3.63, 3.8) is 0 Å². The summed E-state index contributed by atoms with van der Waals surface area (Å²) in [4.78, 5) is 18.5. The summed E-state index contributed by atoms with van der Waals surface area (Å²) in [5.41, 5.74) is 0.0816. The first kappa shape index (κ1) is 13.7. The Labute approximate surface area is 103 Å². The molecule has 1 heterocycles. The van der Waals surface area contributed by atoms with E-state index in [4.69, 9.17) is 0 Å². The first-order valence-corrected chi connectivity index (χ1v) is 6.19. The Morgan fingerprint density at radius 2 is 2.12 bits per heavy atom. The number of rotatable bonds is 5. The van der Waals surface area contributed by atoms with Crippen LogP contribution in [0.4, 0.5) is 5.82 Å². The smallest absolute Gasteiger partial charge is 0.252 e. The third kappa shape index (κ3) is 3.88. The number of nitrogens with zero attached hydrogens (tertiary/aromatic N) is 1. The van der Waals surface area contributed by atoms with Crippen LogP contribution in [0.3, 0.4) is 0 Å². The monoisotopic (exact) mass is 237 g/mol. The van der Waals surface area contributed by atoms with Crippen molar-refractivity contribution in [1.82, 2.24) is 9.97 Å². The molecular weight excluding hydrogens is 214 g/mol. The fourth-order valence-corrected chi connectivity index (χ4v) is 1.29. The zero-order valence-corrected chi connectivity index (χ0v) is 11.4. The molecule has 0 amide bonds. The Balaban J connectivity index is 2.76. The summed E-state index contributed by atoms with van der Waals surface area (Å²) < 4.78 is 0. The molecule has 0 radical (unpaired) electrons. The van der Waals surface area contributed by atoms with Crippen molar-refractivity contribution < 1.29 is 0 Å². The second-order valence-electron chi connectivity index (χ2n) is 5.43. The molecule has 4 heteroatoms. The molecule has 0 aromatic carbocycles. The number of aromatic amines is 1. The van der Waals surface area contributed by atoms with Crippen molar-refractivity contribution in [3.8, 4) is 0 Å². The molecule has 0 fully saturated rings. The maximum Gasteiger partial charge on any atom is 0.252 e. The Morgan fingerprint density at radius 3 is 2.65 bits per heavy atom. The van der Waals surface area contributed by atoms with Crippen molar-refractivity contribution in [2.24, 2.45) is 11.3 Å². The van der Waals surface area contributed by atoms with Gasteiger partial charge in [-0.05, 0) is 11.3 Å². The Morgan fingerprint density at radius 1 is 1.47 bits per heavy atom. The predicted molar refractivity (Wildman–Crippen MR) is 71.3 cm³/mol. The van der Waals surface area contributed by atoms with E-state index in [1.54, 1.807) is 0 Å². The highest BCUT2D eigenvalue weighted by Gasteiger charge is 2.22. The van der Waals surface area contributed by atoms with Crippen LogP contribution in [0.25, 0.3) is 0 Å². The molecule has 0 aliphatic rings. The summed E-state index contributed by atoms with van der Waals surface area (Å²) in [5.74, 6) is 1.96. The molecule has 96 valence electrons.